The van der Waals surface area contributed by atoms with Gasteiger partial charge in [-0.3, -0.25) is 0 Å². The monoisotopic (exact) mass is 228 g/mol. The first kappa shape index (κ1) is 10.7. The van der Waals surface area contributed by atoms with Crippen molar-refractivity contribution in [2.45, 2.75) is 6.36 Å². The number of halogens is 4. The predicted octanol–water partition coefficient (Wildman–Crippen LogP) is 1.92. The van der Waals surface area contributed by atoms with Gasteiger partial charge in [0.2, 0.25) is 5.88 Å². The number of aromatic nitrogens is 1. The molecule has 4 nitrogen and oxygen atoms in total. The third kappa shape index (κ3) is 2.56. The van der Waals surface area contributed by atoms with Crippen molar-refractivity contribution in [2.24, 2.45) is 0 Å². The van der Waals surface area contributed by atoms with Crippen LogP contribution < -0.4 is 10.5 Å². The number of ether oxygens (including phenoxy) is 1. The lowest BCUT2D eigenvalue weighted by Gasteiger charge is -2.09. The van der Waals surface area contributed by atoms with Crippen molar-refractivity contribution >= 4 is 17.4 Å². The normalized spacial score (nSPS) is 11.4. The summed E-state index contributed by atoms with van der Waals surface area (Å²) in [5.74, 6) is -1.90. The zero-order chi connectivity index (χ0) is 10.9. The minimum atomic E-state index is -4.90. The summed E-state index contributed by atoms with van der Waals surface area (Å²) in [6.45, 7) is 0. The van der Waals surface area contributed by atoms with Gasteiger partial charge in [0.1, 0.15) is 5.02 Å². The summed E-state index contributed by atoms with van der Waals surface area (Å²) in [4.78, 5) is 3.11. The number of rotatable bonds is 1. The Morgan fingerprint density at radius 3 is 2.57 bits per heavy atom. The quantitative estimate of drug-likeness (QED) is 0.771. The number of alkyl halides is 3. The largest absolute Gasteiger partial charge is 0.574 e. The number of hydrogen-bond acceptors (Lipinski definition) is 4. The summed E-state index contributed by atoms with van der Waals surface area (Å²) in [6, 6.07) is 0.810. The molecule has 0 atom stereocenters. The van der Waals surface area contributed by atoms with E-state index in [1.807, 2.05) is 0 Å². The Hall–Kier alpha value is -1.37. The lowest BCUT2D eigenvalue weighted by molar-refractivity contribution is -0.276. The molecular formula is C6H4ClF3N2O2. The van der Waals surface area contributed by atoms with E-state index in [9.17, 15) is 13.2 Å². The molecule has 0 saturated carbocycles. The number of nitrogens with two attached hydrogens (primary N) is 1. The van der Waals surface area contributed by atoms with E-state index in [-0.39, 0.29) is 0 Å². The number of pyridine rings is 1. The molecule has 0 saturated heterocycles. The highest BCUT2D eigenvalue weighted by atomic mass is 35.5. The van der Waals surface area contributed by atoms with Crippen LogP contribution in [0.5, 0.6) is 11.6 Å². The molecular weight excluding hydrogens is 225 g/mol. The summed E-state index contributed by atoms with van der Waals surface area (Å²) in [5, 5.41) is 8.44. The molecule has 0 aliphatic heterocycles. The molecule has 0 unspecified atom stereocenters. The Morgan fingerprint density at radius 1 is 1.50 bits per heavy atom. The van der Waals surface area contributed by atoms with Crippen molar-refractivity contribution in [3.63, 3.8) is 0 Å². The Labute approximate surface area is 81.1 Å². The van der Waals surface area contributed by atoms with Gasteiger partial charge in [0.05, 0.1) is 0 Å². The molecule has 0 amide bonds. The maximum Gasteiger partial charge on any atom is 0.574 e. The Balaban J connectivity index is 3.04. The standard InChI is InChI=1S/C6H4ClF3N2O2/c7-2-1-3(13)4(11)12-5(2)14-6(8,9)10/h1,13H,(H2,11,12). The highest BCUT2D eigenvalue weighted by Crippen LogP contribution is 2.33. The van der Waals surface area contributed by atoms with Crippen LogP contribution in [0.4, 0.5) is 19.0 Å². The van der Waals surface area contributed by atoms with Gasteiger partial charge in [-0.05, 0) is 0 Å². The van der Waals surface area contributed by atoms with E-state index < -0.39 is 28.8 Å². The van der Waals surface area contributed by atoms with Crippen LogP contribution in [0.1, 0.15) is 0 Å². The lowest BCUT2D eigenvalue weighted by Crippen LogP contribution is -2.18. The molecule has 8 heteroatoms. The van der Waals surface area contributed by atoms with E-state index in [0.29, 0.717) is 0 Å². The van der Waals surface area contributed by atoms with Crippen molar-refractivity contribution in [1.82, 2.24) is 4.98 Å². The molecule has 0 aliphatic rings. The lowest BCUT2D eigenvalue weighted by atomic mass is 10.4. The van der Waals surface area contributed by atoms with Crippen LogP contribution >= 0.6 is 11.6 Å². The maximum atomic E-state index is 11.7. The SMILES string of the molecule is Nc1nc(OC(F)(F)F)c(Cl)cc1O. The van der Waals surface area contributed by atoms with Crippen LogP contribution in [0.2, 0.25) is 5.02 Å². The second-order valence-corrected chi connectivity index (χ2v) is 2.63. The van der Waals surface area contributed by atoms with E-state index in [4.69, 9.17) is 22.4 Å². The van der Waals surface area contributed by atoms with Crippen LogP contribution in [-0.4, -0.2) is 16.5 Å². The molecule has 78 valence electrons. The molecule has 1 aromatic heterocycles. The van der Waals surface area contributed by atoms with Gasteiger partial charge in [-0.25, -0.2) is 0 Å². The van der Waals surface area contributed by atoms with E-state index in [1.165, 1.54) is 0 Å². The molecule has 0 aliphatic carbocycles. The minimum Gasteiger partial charge on any atom is -0.504 e. The second-order valence-electron chi connectivity index (χ2n) is 2.23. The van der Waals surface area contributed by atoms with Crippen molar-refractivity contribution in [2.75, 3.05) is 5.73 Å². The van der Waals surface area contributed by atoms with Crippen molar-refractivity contribution in [1.29, 1.82) is 0 Å². The average Bonchev–Trinajstić information content (AvgIpc) is 1.97. The highest BCUT2D eigenvalue weighted by molar-refractivity contribution is 6.32. The molecule has 0 bridgehead atoms. The van der Waals surface area contributed by atoms with Crippen molar-refractivity contribution in [3.05, 3.63) is 11.1 Å². The molecule has 1 rings (SSSR count). The van der Waals surface area contributed by atoms with Gasteiger partial charge in [-0.2, -0.15) is 4.98 Å². The number of nitrogens with zero attached hydrogens (tertiary/aromatic N) is 1. The van der Waals surface area contributed by atoms with Crippen LogP contribution in [0.25, 0.3) is 0 Å². The average molecular weight is 229 g/mol. The molecule has 1 heterocycles. The fraction of sp³-hybridized carbons (Fsp3) is 0.167. The van der Waals surface area contributed by atoms with Gasteiger partial charge < -0.3 is 15.6 Å². The Bertz CT molecular complexity index is 356. The molecule has 14 heavy (non-hydrogen) atoms. The fourth-order valence-electron chi connectivity index (χ4n) is 0.657. The fourth-order valence-corrected chi connectivity index (χ4v) is 0.841. The van der Waals surface area contributed by atoms with E-state index in [1.54, 1.807) is 0 Å². The third-order valence-electron chi connectivity index (χ3n) is 1.16. The van der Waals surface area contributed by atoms with E-state index in [0.717, 1.165) is 6.07 Å². The van der Waals surface area contributed by atoms with Crippen LogP contribution in [0.15, 0.2) is 6.07 Å². The molecule has 3 N–H and O–H groups in total. The first-order valence-corrected chi connectivity index (χ1v) is 3.58. The summed E-state index contributed by atoms with van der Waals surface area (Å²) in [7, 11) is 0. The summed E-state index contributed by atoms with van der Waals surface area (Å²) in [6.07, 6.45) is -4.90. The van der Waals surface area contributed by atoms with E-state index >= 15 is 0 Å². The summed E-state index contributed by atoms with van der Waals surface area (Å²) < 4.78 is 38.6. The first-order valence-electron chi connectivity index (χ1n) is 3.20. The topological polar surface area (TPSA) is 68.4 Å². The van der Waals surface area contributed by atoms with Gasteiger partial charge in [-0.15, -0.1) is 13.2 Å². The van der Waals surface area contributed by atoms with Gasteiger partial charge in [0, 0.05) is 6.07 Å². The van der Waals surface area contributed by atoms with E-state index in [2.05, 4.69) is 9.72 Å². The van der Waals surface area contributed by atoms with Crippen molar-refractivity contribution in [3.8, 4) is 11.6 Å². The molecule has 1 aromatic rings. The number of nitrogen functional groups attached to an aromatic ring is 1. The van der Waals surface area contributed by atoms with Gasteiger partial charge in [-0.1, -0.05) is 11.6 Å². The molecule has 0 fully saturated rings. The third-order valence-corrected chi connectivity index (χ3v) is 1.44. The highest BCUT2D eigenvalue weighted by Gasteiger charge is 2.33. The van der Waals surface area contributed by atoms with Crippen LogP contribution in [0.3, 0.4) is 0 Å². The molecule has 0 spiro atoms. The number of anilines is 1. The molecule has 0 radical (unpaired) electrons. The van der Waals surface area contributed by atoms with Gasteiger partial charge >= 0.3 is 6.36 Å². The van der Waals surface area contributed by atoms with Crippen LogP contribution in [-0.2, 0) is 0 Å². The van der Waals surface area contributed by atoms with Crippen LogP contribution in [0, 0.1) is 0 Å². The first-order chi connectivity index (χ1) is 6.29. The van der Waals surface area contributed by atoms with Gasteiger partial charge in [0.15, 0.2) is 11.6 Å². The number of hydrogen-bond donors (Lipinski definition) is 2. The maximum absolute atomic E-state index is 11.7. The number of aromatic hydroxyl groups is 1. The Morgan fingerprint density at radius 2 is 2.07 bits per heavy atom. The Kier molecular flexibility index (Phi) is 2.61. The zero-order valence-corrected chi connectivity index (χ0v) is 7.23. The molecule has 0 aromatic carbocycles. The second kappa shape index (κ2) is 3.41. The minimum absolute atomic E-state index is 0.478. The zero-order valence-electron chi connectivity index (χ0n) is 6.47. The smallest absolute Gasteiger partial charge is 0.504 e. The summed E-state index contributed by atoms with van der Waals surface area (Å²) in [5.41, 5.74) is 5.04. The predicted molar refractivity (Wildman–Crippen MR) is 42.0 cm³/mol. The summed E-state index contributed by atoms with van der Waals surface area (Å²) >= 11 is 5.30. The van der Waals surface area contributed by atoms with Gasteiger partial charge in [0.25, 0.3) is 0 Å². The van der Waals surface area contributed by atoms with Crippen molar-refractivity contribution < 1.29 is 23.0 Å².